The van der Waals surface area contributed by atoms with Gasteiger partial charge in [0.15, 0.2) is 0 Å². The number of carbonyl (C=O) groups is 2. The summed E-state index contributed by atoms with van der Waals surface area (Å²) >= 11 is 3.31. The summed E-state index contributed by atoms with van der Waals surface area (Å²) in [6, 6.07) is 3.58. The number of anilines is 1. The minimum absolute atomic E-state index is 0.0396. The number of aryl methyl sites for hydroxylation is 1. The van der Waals surface area contributed by atoms with Gasteiger partial charge in [0.2, 0.25) is 0 Å². The lowest BCUT2D eigenvalue weighted by Crippen LogP contribution is -2.43. The molecule has 0 aliphatic rings. The Kier molecular flexibility index (Phi) is 5.78. The van der Waals surface area contributed by atoms with Gasteiger partial charge in [-0.1, -0.05) is 15.9 Å². The first-order valence-corrected chi connectivity index (χ1v) is 6.40. The van der Waals surface area contributed by atoms with Crippen LogP contribution in [-0.2, 0) is 4.79 Å². The lowest BCUT2D eigenvalue weighted by molar-refractivity contribution is -0.139. The van der Waals surface area contributed by atoms with Crippen LogP contribution in [0.3, 0.4) is 0 Å². The summed E-state index contributed by atoms with van der Waals surface area (Å²) in [7, 11) is 0. The van der Waals surface area contributed by atoms with E-state index in [1.807, 2.05) is 13.0 Å². The fraction of sp³-hybridized carbons (Fsp3) is 0.333. The van der Waals surface area contributed by atoms with Crippen molar-refractivity contribution in [2.24, 2.45) is 0 Å². The van der Waals surface area contributed by atoms with Crippen molar-refractivity contribution in [1.82, 2.24) is 5.32 Å². The van der Waals surface area contributed by atoms with E-state index >= 15 is 0 Å². The molecule has 0 unspecified atom stereocenters. The highest BCUT2D eigenvalue weighted by Crippen LogP contribution is 2.19. The zero-order valence-corrected chi connectivity index (χ0v) is 11.9. The quantitative estimate of drug-likeness (QED) is 0.660. The molecule has 1 aromatic rings. The molecule has 0 bridgehead atoms. The van der Waals surface area contributed by atoms with E-state index in [4.69, 9.17) is 10.2 Å². The van der Waals surface area contributed by atoms with E-state index in [-0.39, 0.29) is 13.0 Å². The molecule has 7 heteroatoms. The Bertz CT molecular complexity index is 479. The van der Waals surface area contributed by atoms with Crippen LogP contribution in [0.2, 0.25) is 0 Å². The first-order chi connectivity index (χ1) is 8.93. The number of hydrogen-bond acceptors (Lipinski definition) is 3. The SMILES string of the molecule is Cc1cc(Br)ccc1NC(=O)N[C@@H](CCO)C(=O)O. The van der Waals surface area contributed by atoms with Crippen molar-refractivity contribution < 1.29 is 19.8 Å². The van der Waals surface area contributed by atoms with Crippen LogP contribution in [0.25, 0.3) is 0 Å². The Morgan fingerprint density at radius 3 is 2.63 bits per heavy atom. The van der Waals surface area contributed by atoms with Gasteiger partial charge in [0.1, 0.15) is 6.04 Å². The molecule has 2 amide bonds. The van der Waals surface area contributed by atoms with Gasteiger partial charge in [-0.25, -0.2) is 9.59 Å². The van der Waals surface area contributed by atoms with E-state index in [0.717, 1.165) is 10.0 Å². The number of urea groups is 1. The largest absolute Gasteiger partial charge is 0.480 e. The van der Waals surface area contributed by atoms with Crippen molar-refractivity contribution in [1.29, 1.82) is 0 Å². The molecule has 0 aliphatic heterocycles. The third-order valence-electron chi connectivity index (χ3n) is 2.46. The smallest absolute Gasteiger partial charge is 0.326 e. The van der Waals surface area contributed by atoms with Crippen LogP contribution in [-0.4, -0.2) is 34.9 Å². The van der Waals surface area contributed by atoms with Crippen LogP contribution in [0.5, 0.6) is 0 Å². The van der Waals surface area contributed by atoms with E-state index in [1.165, 1.54) is 0 Å². The summed E-state index contributed by atoms with van der Waals surface area (Å²) in [4.78, 5) is 22.5. The number of benzene rings is 1. The number of carboxylic acid groups (broad SMARTS) is 1. The van der Waals surface area contributed by atoms with Crippen LogP contribution >= 0.6 is 15.9 Å². The lowest BCUT2D eigenvalue weighted by atomic mass is 10.2. The Hall–Kier alpha value is -1.60. The van der Waals surface area contributed by atoms with Gasteiger partial charge in [0.25, 0.3) is 0 Å². The zero-order valence-electron chi connectivity index (χ0n) is 10.3. The maximum absolute atomic E-state index is 11.7. The first kappa shape index (κ1) is 15.5. The topological polar surface area (TPSA) is 98.7 Å². The van der Waals surface area contributed by atoms with E-state index in [9.17, 15) is 9.59 Å². The number of amides is 2. The summed E-state index contributed by atoms with van der Waals surface area (Å²) < 4.78 is 0.889. The van der Waals surface area contributed by atoms with Gasteiger partial charge >= 0.3 is 12.0 Å². The van der Waals surface area contributed by atoms with Gasteiger partial charge in [-0.2, -0.15) is 0 Å². The zero-order chi connectivity index (χ0) is 14.4. The molecule has 4 N–H and O–H groups in total. The number of hydrogen-bond donors (Lipinski definition) is 4. The Morgan fingerprint density at radius 1 is 1.42 bits per heavy atom. The summed E-state index contributed by atoms with van der Waals surface area (Å²) in [6.07, 6.45) is -0.0396. The highest BCUT2D eigenvalue weighted by molar-refractivity contribution is 9.10. The number of aliphatic hydroxyl groups excluding tert-OH is 1. The number of nitrogens with one attached hydrogen (secondary N) is 2. The molecule has 0 saturated heterocycles. The second kappa shape index (κ2) is 7.10. The Labute approximate surface area is 118 Å². The van der Waals surface area contributed by atoms with Crippen molar-refractivity contribution in [2.75, 3.05) is 11.9 Å². The predicted molar refractivity (Wildman–Crippen MR) is 74.2 cm³/mol. The maximum Gasteiger partial charge on any atom is 0.326 e. The monoisotopic (exact) mass is 330 g/mol. The molecule has 0 fully saturated rings. The minimum atomic E-state index is -1.18. The van der Waals surface area contributed by atoms with Crippen molar-refractivity contribution in [3.05, 3.63) is 28.2 Å². The highest BCUT2D eigenvalue weighted by atomic mass is 79.9. The Morgan fingerprint density at radius 2 is 2.11 bits per heavy atom. The van der Waals surface area contributed by atoms with Crippen molar-refractivity contribution in [3.63, 3.8) is 0 Å². The third kappa shape index (κ3) is 4.88. The molecule has 1 rings (SSSR count). The second-order valence-electron chi connectivity index (χ2n) is 3.96. The molecule has 104 valence electrons. The van der Waals surface area contributed by atoms with Gasteiger partial charge < -0.3 is 20.8 Å². The molecule has 0 spiro atoms. The average Bonchev–Trinajstić information content (AvgIpc) is 2.32. The van der Waals surface area contributed by atoms with Gasteiger partial charge in [-0.3, -0.25) is 0 Å². The summed E-state index contributed by atoms with van der Waals surface area (Å²) in [5, 5.41) is 22.4. The minimum Gasteiger partial charge on any atom is -0.480 e. The Balaban J connectivity index is 2.66. The van der Waals surface area contributed by atoms with Crippen molar-refractivity contribution in [3.8, 4) is 0 Å². The molecule has 0 heterocycles. The van der Waals surface area contributed by atoms with Crippen LogP contribution in [0, 0.1) is 6.92 Å². The van der Waals surface area contributed by atoms with Crippen molar-refractivity contribution >= 4 is 33.6 Å². The fourth-order valence-electron chi connectivity index (χ4n) is 1.47. The number of rotatable bonds is 5. The van der Waals surface area contributed by atoms with E-state index in [0.29, 0.717) is 5.69 Å². The highest BCUT2D eigenvalue weighted by Gasteiger charge is 2.19. The summed E-state index contributed by atoms with van der Waals surface area (Å²) in [6.45, 7) is 1.51. The molecule has 1 atom stereocenters. The number of halogens is 1. The van der Waals surface area contributed by atoms with Crippen LogP contribution in [0.1, 0.15) is 12.0 Å². The predicted octanol–water partition coefficient (Wildman–Crippen LogP) is 1.71. The molecule has 1 aromatic carbocycles. The first-order valence-electron chi connectivity index (χ1n) is 5.61. The van der Waals surface area contributed by atoms with Crippen LogP contribution in [0.15, 0.2) is 22.7 Å². The van der Waals surface area contributed by atoms with Gasteiger partial charge in [-0.15, -0.1) is 0 Å². The normalized spacial score (nSPS) is 11.7. The molecule has 6 nitrogen and oxygen atoms in total. The molecule has 0 radical (unpaired) electrons. The van der Waals surface area contributed by atoms with Crippen LogP contribution < -0.4 is 10.6 Å². The molecule has 0 aromatic heterocycles. The maximum atomic E-state index is 11.7. The van der Waals surface area contributed by atoms with E-state index in [2.05, 4.69) is 26.6 Å². The molecule has 19 heavy (non-hydrogen) atoms. The molecule has 0 saturated carbocycles. The van der Waals surface area contributed by atoms with Crippen molar-refractivity contribution in [2.45, 2.75) is 19.4 Å². The van der Waals surface area contributed by atoms with E-state index in [1.54, 1.807) is 12.1 Å². The van der Waals surface area contributed by atoms with Gasteiger partial charge in [0.05, 0.1) is 0 Å². The fourth-order valence-corrected chi connectivity index (χ4v) is 1.95. The number of aliphatic hydroxyl groups is 1. The average molecular weight is 331 g/mol. The third-order valence-corrected chi connectivity index (χ3v) is 2.95. The van der Waals surface area contributed by atoms with Gasteiger partial charge in [-0.05, 0) is 30.7 Å². The van der Waals surface area contributed by atoms with E-state index < -0.39 is 18.0 Å². The second-order valence-corrected chi connectivity index (χ2v) is 4.88. The summed E-state index contributed by atoms with van der Waals surface area (Å²) in [5.41, 5.74) is 1.44. The number of carbonyl (C=O) groups excluding carboxylic acids is 1. The lowest BCUT2D eigenvalue weighted by Gasteiger charge is -2.15. The number of aliphatic carboxylic acids is 1. The van der Waals surface area contributed by atoms with Crippen LogP contribution in [0.4, 0.5) is 10.5 Å². The molecular weight excluding hydrogens is 316 g/mol. The van der Waals surface area contributed by atoms with Gasteiger partial charge in [0, 0.05) is 23.2 Å². The summed E-state index contributed by atoms with van der Waals surface area (Å²) in [5.74, 6) is -1.18. The number of carboxylic acids is 1. The molecular formula is C12H15BrN2O4. The molecule has 0 aliphatic carbocycles. The standard InChI is InChI=1S/C12H15BrN2O4/c1-7-6-8(13)2-3-9(7)14-12(19)15-10(4-5-16)11(17)18/h2-3,6,10,16H,4-5H2,1H3,(H,17,18)(H2,14,15,19)/t10-/m0/s1.